The molecular weight excluding hydrogens is 322 g/mol. The summed E-state index contributed by atoms with van der Waals surface area (Å²) in [4.78, 5) is 35.0. The van der Waals surface area contributed by atoms with Crippen molar-refractivity contribution in [1.29, 1.82) is 0 Å². The number of fused-ring (bicyclic) bond motifs is 1. The van der Waals surface area contributed by atoms with Gasteiger partial charge in [-0.25, -0.2) is 4.98 Å². The van der Waals surface area contributed by atoms with Crippen LogP contribution in [0.5, 0.6) is 5.88 Å². The highest BCUT2D eigenvalue weighted by atomic mass is 16.5. The van der Waals surface area contributed by atoms with E-state index >= 15 is 0 Å². The number of nitrogens with one attached hydrogen (secondary N) is 2. The number of aromatic amines is 1. The number of benzene rings is 1. The van der Waals surface area contributed by atoms with Crippen LogP contribution in [0.3, 0.4) is 0 Å². The average Bonchev–Trinajstić information content (AvgIpc) is 3.23. The molecule has 1 aliphatic heterocycles. The van der Waals surface area contributed by atoms with Crippen LogP contribution in [0, 0.1) is 0 Å². The zero-order chi connectivity index (χ0) is 17.4. The third kappa shape index (κ3) is 2.89. The Morgan fingerprint density at radius 3 is 2.88 bits per heavy atom. The minimum absolute atomic E-state index is 0.0348. The second kappa shape index (κ2) is 5.90. The third-order valence-electron chi connectivity index (χ3n) is 4.03. The van der Waals surface area contributed by atoms with Gasteiger partial charge in [0.1, 0.15) is 5.69 Å². The monoisotopic (exact) mass is 337 g/mol. The number of H-pyrrole nitrogens is 1. The number of aromatic nitrogens is 3. The highest BCUT2D eigenvalue weighted by Gasteiger charge is 2.27. The molecule has 1 fully saturated rings. The molecule has 0 saturated carbocycles. The maximum absolute atomic E-state index is 11.7. The number of nitrogens with two attached hydrogens (primary N) is 1. The number of ether oxygens (including phenoxy) is 1. The predicted octanol–water partition coefficient (Wildman–Crippen LogP) is 0.991. The van der Waals surface area contributed by atoms with Crippen LogP contribution in [-0.4, -0.2) is 39.4 Å². The Kier molecular flexibility index (Phi) is 3.57. The van der Waals surface area contributed by atoms with Gasteiger partial charge in [0.25, 0.3) is 11.8 Å². The molecule has 1 aliphatic rings. The molecule has 0 radical (unpaired) electrons. The molecule has 8 nitrogen and oxygen atoms in total. The van der Waals surface area contributed by atoms with E-state index in [9.17, 15) is 9.59 Å². The summed E-state index contributed by atoms with van der Waals surface area (Å²) in [6.45, 7) is 0.550. The molecule has 4 N–H and O–H groups in total. The van der Waals surface area contributed by atoms with E-state index < -0.39 is 12.0 Å². The first kappa shape index (κ1) is 15.1. The zero-order valence-electron chi connectivity index (χ0n) is 13.2. The second-order valence-electron chi connectivity index (χ2n) is 5.75. The number of carbonyl (C=O) groups excluding carboxylic acids is 2. The Hall–Kier alpha value is -3.42. The van der Waals surface area contributed by atoms with Crippen LogP contribution in [0.25, 0.3) is 22.3 Å². The highest BCUT2D eigenvalue weighted by molar-refractivity contribution is 5.92. The molecule has 2 amide bonds. The van der Waals surface area contributed by atoms with Gasteiger partial charge in [-0.15, -0.1) is 0 Å². The van der Waals surface area contributed by atoms with E-state index in [1.165, 1.54) is 6.07 Å². The Morgan fingerprint density at radius 2 is 2.12 bits per heavy atom. The van der Waals surface area contributed by atoms with Crippen LogP contribution in [-0.2, 0) is 4.79 Å². The fraction of sp³-hybridized carbons (Fsp3) is 0.176. The van der Waals surface area contributed by atoms with Crippen molar-refractivity contribution in [2.24, 2.45) is 5.73 Å². The minimum atomic E-state index is -0.688. The molecule has 0 unspecified atom stereocenters. The van der Waals surface area contributed by atoms with E-state index in [4.69, 9.17) is 10.5 Å². The summed E-state index contributed by atoms with van der Waals surface area (Å²) in [5.41, 5.74) is 7.10. The molecule has 8 heteroatoms. The average molecular weight is 337 g/mol. The van der Waals surface area contributed by atoms with Gasteiger partial charge in [-0.05, 0) is 24.3 Å². The van der Waals surface area contributed by atoms with Crippen molar-refractivity contribution >= 4 is 22.7 Å². The molecule has 1 saturated heterocycles. The Bertz CT molecular complexity index is 981. The molecule has 3 aromatic rings. The Balaban J connectivity index is 1.75. The molecule has 4 rings (SSSR count). The summed E-state index contributed by atoms with van der Waals surface area (Å²) in [6.07, 6.45) is 1.75. The van der Waals surface area contributed by atoms with Crippen LogP contribution in [0.4, 0.5) is 0 Å². The second-order valence-corrected chi connectivity index (χ2v) is 5.75. The molecule has 0 aliphatic carbocycles. The van der Waals surface area contributed by atoms with Crippen molar-refractivity contribution in [2.45, 2.75) is 12.5 Å². The van der Waals surface area contributed by atoms with Crippen LogP contribution in [0.15, 0.2) is 36.5 Å². The van der Waals surface area contributed by atoms with E-state index in [-0.39, 0.29) is 17.5 Å². The van der Waals surface area contributed by atoms with E-state index in [2.05, 4.69) is 20.3 Å². The van der Waals surface area contributed by atoms with E-state index in [1.54, 1.807) is 0 Å². The fourth-order valence-electron chi connectivity index (χ4n) is 2.76. The lowest BCUT2D eigenvalue weighted by Gasteiger charge is -2.12. The quantitative estimate of drug-likeness (QED) is 0.655. The van der Waals surface area contributed by atoms with Crippen molar-refractivity contribution in [1.82, 2.24) is 20.3 Å². The van der Waals surface area contributed by atoms with Crippen LogP contribution in [0.1, 0.15) is 16.9 Å². The molecule has 1 atom stereocenters. The van der Waals surface area contributed by atoms with Crippen LogP contribution < -0.4 is 15.8 Å². The fourth-order valence-corrected chi connectivity index (χ4v) is 2.76. The van der Waals surface area contributed by atoms with Crippen molar-refractivity contribution in [3.05, 3.63) is 42.2 Å². The van der Waals surface area contributed by atoms with Gasteiger partial charge in [-0.3, -0.25) is 9.59 Å². The number of rotatable bonds is 4. The van der Waals surface area contributed by atoms with Gasteiger partial charge < -0.3 is 20.8 Å². The lowest BCUT2D eigenvalue weighted by atomic mass is 10.1. The molecular formula is C17H15N5O3. The Morgan fingerprint density at radius 1 is 1.24 bits per heavy atom. The highest BCUT2D eigenvalue weighted by Crippen LogP contribution is 2.24. The molecule has 0 bridgehead atoms. The summed E-state index contributed by atoms with van der Waals surface area (Å²) in [6, 6.07) is 8.92. The number of amides is 2. The van der Waals surface area contributed by atoms with Gasteiger partial charge in [0.2, 0.25) is 5.88 Å². The lowest BCUT2D eigenvalue weighted by molar-refractivity contribution is -0.125. The van der Waals surface area contributed by atoms with E-state index in [1.807, 2.05) is 30.5 Å². The first-order valence-corrected chi connectivity index (χ1v) is 7.81. The van der Waals surface area contributed by atoms with Gasteiger partial charge in [0, 0.05) is 41.7 Å². The van der Waals surface area contributed by atoms with Crippen molar-refractivity contribution in [2.75, 3.05) is 6.54 Å². The standard InChI is InChI=1S/C17H15N5O3/c18-15(23)12-8-14(25-13-4-6-20-17(13)24)22-16(21-12)10-1-2-11-9(7-10)3-5-19-11/h1-3,5,7-8,13,19H,4,6H2,(H2,18,23)(H,20,24)/t13-/m0/s1. The first-order valence-electron chi connectivity index (χ1n) is 7.81. The number of hydrogen-bond acceptors (Lipinski definition) is 5. The van der Waals surface area contributed by atoms with E-state index in [0.717, 1.165) is 16.5 Å². The maximum Gasteiger partial charge on any atom is 0.267 e. The van der Waals surface area contributed by atoms with Gasteiger partial charge in [0.05, 0.1) is 0 Å². The SMILES string of the molecule is NC(=O)c1cc(O[C@H]2CCNC2=O)nc(-c2ccc3[nH]ccc3c2)n1. The van der Waals surface area contributed by atoms with Crippen LogP contribution in [0.2, 0.25) is 0 Å². The number of primary amides is 1. The normalized spacial score (nSPS) is 16.8. The molecule has 1 aromatic carbocycles. The zero-order valence-corrected chi connectivity index (χ0v) is 13.2. The largest absolute Gasteiger partial charge is 0.464 e. The minimum Gasteiger partial charge on any atom is -0.464 e. The van der Waals surface area contributed by atoms with E-state index in [0.29, 0.717) is 18.8 Å². The molecule has 3 heterocycles. The lowest BCUT2D eigenvalue weighted by Crippen LogP contribution is -2.28. The topological polar surface area (TPSA) is 123 Å². The predicted molar refractivity (Wildman–Crippen MR) is 89.9 cm³/mol. The van der Waals surface area contributed by atoms with Crippen molar-refractivity contribution in [3.63, 3.8) is 0 Å². The third-order valence-corrected chi connectivity index (χ3v) is 4.03. The van der Waals surface area contributed by atoms with Crippen LogP contribution >= 0.6 is 0 Å². The summed E-state index contributed by atoms with van der Waals surface area (Å²) < 4.78 is 5.64. The summed E-state index contributed by atoms with van der Waals surface area (Å²) in [5.74, 6) is -0.426. The first-order chi connectivity index (χ1) is 12.1. The van der Waals surface area contributed by atoms with Gasteiger partial charge in [0.15, 0.2) is 11.9 Å². The maximum atomic E-state index is 11.7. The van der Waals surface area contributed by atoms with Gasteiger partial charge in [-0.1, -0.05) is 0 Å². The summed E-state index contributed by atoms with van der Waals surface area (Å²) in [5, 5.41) is 3.68. The van der Waals surface area contributed by atoms with Gasteiger partial charge >= 0.3 is 0 Å². The molecule has 0 spiro atoms. The number of nitrogens with zero attached hydrogens (tertiary/aromatic N) is 2. The summed E-state index contributed by atoms with van der Waals surface area (Å²) in [7, 11) is 0. The Labute approximate surface area is 142 Å². The summed E-state index contributed by atoms with van der Waals surface area (Å²) >= 11 is 0. The molecule has 25 heavy (non-hydrogen) atoms. The van der Waals surface area contributed by atoms with Gasteiger partial charge in [-0.2, -0.15) is 4.98 Å². The van der Waals surface area contributed by atoms with Crippen molar-refractivity contribution in [3.8, 4) is 17.3 Å². The molecule has 126 valence electrons. The number of carbonyl (C=O) groups is 2. The van der Waals surface area contributed by atoms with Crippen molar-refractivity contribution < 1.29 is 14.3 Å². The molecule has 2 aromatic heterocycles. The number of hydrogen-bond donors (Lipinski definition) is 3. The smallest absolute Gasteiger partial charge is 0.267 e.